The van der Waals surface area contributed by atoms with Crippen molar-refractivity contribution >= 4 is 11.9 Å². The zero-order valence-corrected chi connectivity index (χ0v) is 9.29. The number of nitrogens with two attached hydrogens (primary N) is 1. The quantitative estimate of drug-likeness (QED) is 0.677. The van der Waals surface area contributed by atoms with E-state index in [1.807, 2.05) is 13.8 Å². The zero-order chi connectivity index (χ0) is 11.4. The van der Waals surface area contributed by atoms with Crippen molar-refractivity contribution in [1.82, 2.24) is 0 Å². The van der Waals surface area contributed by atoms with Crippen LogP contribution in [-0.4, -0.2) is 18.5 Å². The number of rotatable bonds is 5. The van der Waals surface area contributed by atoms with Gasteiger partial charge in [-0.3, -0.25) is 9.59 Å². The van der Waals surface area contributed by atoms with Crippen molar-refractivity contribution in [2.75, 3.05) is 6.61 Å². The molecule has 0 aliphatic carbocycles. The third-order valence-corrected chi connectivity index (χ3v) is 2.49. The maximum Gasteiger partial charge on any atom is 0.305 e. The van der Waals surface area contributed by atoms with Crippen molar-refractivity contribution in [1.29, 1.82) is 0 Å². The molecule has 0 spiro atoms. The van der Waals surface area contributed by atoms with Gasteiger partial charge in [0.15, 0.2) is 0 Å². The largest absolute Gasteiger partial charge is 0.465 e. The van der Waals surface area contributed by atoms with Gasteiger partial charge in [-0.1, -0.05) is 27.7 Å². The molecule has 0 saturated heterocycles. The molecule has 1 unspecified atom stereocenters. The molecular weight excluding hydrogens is 182 g/mol. The summed E-state index contributed by atoms with van der Waals surface area (Å²) in [6, 6.07) is 0. The van der Waals surface area contributed by atoms with Crippen molar-refractivity contribution in [3.8, 4) is 0 Å². The van der Waals surface area contributed by atoms with Crippen molar-refractivity contribution in [3.63, 3.8) is 0 Å². The molecule has 0 aromatic rings. The maximum absolute atomic E-state index is 10.9. The Morgan fingerprint density at radius 3 is 2.29 bits per heavy atom. The number of amides is 1. The summed E-state index contributed by atoms with van der Waals surface area (Å²) in [5.41, 5.74) is 4.78. The number of primary amides is 1. The molecule has 14 heavy (non-hydrogen) atoms. The van der Waals surface area contributed by atoms with Crippen LogP contribution in [0.5, 0.6) is 0 Å². The summed E-state index contributed by atoms with van der Waals surface area (Å²) < 4.78 is 4.98. The van der Waals surface area contributed by atoms with E-state index in [2.05, 4.69) is 0 Å². The number of ether oxygens (including phenoxy) is 1. The van der Waals surface area contributed by atoms with Gasteiger partial charge in [0.05, 0.1) is 6.61 Å². The molecule has 0 fully saturated rings. The van der Waals surface area contributed by atoms with Crippen molar-refractivity contribution in [2.45, 2.75) is 34.1 Å². The minimum atomic E-state index is -0.406. The summed E-state index contributed by atoms with van der Waals surface area (Å²) in [4.78, 5) is 21.9. The molecule has 0 bridgehead atoms. The Labute approximate surface area is 84.8 Å². The van der Waals surface area contributed by atoms with Crippen LogP contribution in [0, 0.1) is 11.3 Å². The molecule has 82 valence electrons. The van der Waals surface area contributed by atoms with Crippen LogP contribution in [0.2, 0.25) is 0 Å². The molecular formula is C10H19NO3. The summed E-state index contributed by atoms with van der Waals surface area (Å²) in [7, 11) is 0. The number of hydrogen-bond acceptors (Lipinski definition) is 3. The first kappa shape index (κ1) is 12.9. The Balaban J connectivity index is 4.19. The summed E-state index contributed by atoms with van der Waals surface area (Å²) in [6.07, 6.45) is 0.348. The lowest BCUT2D eigenvalue weighted by atomic mass is 9.80. The molecule has 0 rings (SSSR count). The maximum atomic E-state index is 10.9. The van der Waals surface area contributed by atoms with Crippen LogP contribution in [0.3, 0.4) is 0 Å². The molecule has 0 heterocycles. The van der Waals surface area contributed by atoms with E-state index in [1.54, 1.807) is 13.8 Å². The van der Waals surface area contributed by atoms with E-state index in [0.29, 0.717) is 6.42 Å². The van der Waals surface area contributed by atoms with Crippen molar-refractivity contribution < 1.29 is 14.3 Å². The van der Waals surface area contributed by atoms with Crippen LogP contribution in [0.15, 0.2) is 0 Å². The first-order valence-corrected chi connectivity index (χ1v) is 4.76. The van der Waals surface area contributed by atoms with E-state index in [4.69, 9.17) is 10.5 Å². The smallest absolute Gasteiger partial charge is 0.305 e. The second kappa shape index (κ2) is 4.98. The number of esters is 1. The molecule has 0 aromatic carbocycles. The standard InChI is InChI=1S/C10H19NO3/c1-5-8(12)14-6-10(3,4)7(2)9(11)13/h7H,5-6H2,1-4H3,(H2,11,13). The normalized spacial score (nSPS) is 13.4. The fraction of sp³-hybridized carbons (Fsp3) is 0.800. The second-order valence-corrected chi connectivity index (χ2v) is 4.13. The van der Waals surface area contributed by atoms with E-state index in [9.17, 15) is 9.59 Å². The van der Waals surface area contributed by atoms with Gasteiger partial charge in [-0.15, -0.1) is 0 Å². The highest BCUT2D eigenvalue weighted by molar-refractivity contribution is 5.77. The van der Waals surface area contributed by atoms with Crippen LogP contribution in [0.1, 0.15) is 34.1 Å². The van der Waals surface area contributed by atoms with E-state index in [0.717, 1.165) is 0 Å². The SMILES string of the molecule is CCC(=O)OCC(C)(C)C(C)C(N)=O. The van der Waals surface area contributed by atoms with Gasteiger partial charge in [0.2, 0.25) is 5.91 Å². The average Bonchev–Trinajstić information content (AvgIpc) is 2.12. The minimum Gasteiger partial charge on any atom is -0.465 e. The predicted molar refractivity (Wildman–Crippen MR) is 53.4 cm³/mol. The monoisotopic (exact) mass is 201 g/mol. The molecule has 0 aliphatic heterocycles. The van der Waals surface area contributed by atoms with Crippen LogP contribution >= 0.6 is 0 Å². The van der Waals surface area contributed by atoms with Crippen LogP contribution in [-0.2, 0) is 14.3 Å². The van der Waals surface area contributed by atoms with E-state index < -0.39 is 5.41 Å². The van der Waals surface area contributed by atoms with Gasteiger partial charge < -0.3 is 10.5 Å². The zero-order valence-electron chi connectivity index (χ0n) is 9.29. The topological polar surface area (TPSA) is 69.4 Å². The highest BCUT2D eigenvalue weighted by Gasteiger charge is 2.31. The van der Waals surface area contributed by atoms with Crippen molar-refractivity contribution in [3.05, 3.63) is 0 Å². The van der Waals surface area contributed by atoms with Gasteiger partial charge in [0, 0.05) is 17.8 Å². The Bertz CT molecular complexity index is 223. The molecule has 0 saturated carbocycles. The minimum absolute atomic E-state index is 0.226. The summed E-state index contributed by atoms with van der Waals surface area (Å²) >= 11 is 0. The first-order valence-electron chi connectivity index (χ1n) is 4.76. The van der Waals surface area contributed by atoms with Gasteiger partial charge >= 0.3 is 5.97 Å². The van der Waals surface area contributed by atoms with Crippen molar-refractivity contribution in [2.24, 2.45) is 17.1 Å². The third kappa shape index (κ3) is 3.77. The summed E-state index contributed by atoms with van der Waals surface area (Å²) in [6.45, 7) is 7.40. The fourth-order valence-corrected chi connectivity index (χ4v) is 0.879. The lowest BCUT2D eigenvalue weighted by molar-refractivity contribution is -0.148. The number of carbonyl (C=O) groups is 2. The fourth-order valence-electron chi connectivity index (χ4n) is 0.879. The number of hydrogen-bond donors (Lipinski definition) is 1. The van der Waals surface area contributed by atoms with Crippen LogP contribution in [0.4, 0.5) is 0 Å². The van der Waals surface area contributed by atoms with E-state index >= 15 is 0 Å². The van der Waals surface area contributed by atoms with Gasteiger partial charge in [-0.05, 0) is 0 Å². The van der Waals surface area contributed by atoms with E-state index in [1.165, 1.54) is 0 Å². The van der Waals surface area contributed by atoms with E-state index in [-0.39, 0.29) is 24.4 Å². The molecule has 1 amide bonds. The highest BCUT2D eigenvalue weighted by Crippen LogP contribution is 2.26. The Hall–Kier alpha value is -1.06. The van der Waals surface area contributed by atoms with Gasteiger partial charge in [-0.2, -0.15) is 0 Å². The summed E-state index contributed by atoms with van der Waals surface area (Å²) in [5, 5.41) is 0. The molecule has 4 heteroatoms. The predicted octanol–water partition coefficient (Wildman–Crippen LogP) is 1.09. The average molecular weight is 201 g/mol. The molecule has 2 N–H and O–H groups in total. The van der Waals surface area contributed by atoms with Crippen LogP contribution in [0.25, 0.3) is 0 Å². The molecule has 0 radical (unpaired) electrons. The second-order valence-electron chi connectivity index (χ2n) is 4.13. The lowest BCUT2D eigenvalue weighted by Gasteiger charge is -2.28. The molecule has 4 nitrogen and oxygen atoms in total. The first-order chi connectivity index (χ1) is 6.31. The molecule has 0 aliphatic rings. The molecule has 0 aromatic heterocycles. The summed E-state index contributed by atoms with van der Waals surface area (Å²) in [5.74, 6) is -0.940. The van der Waals surface area contributed by atoms with Gasteiger partial charge in [-0.25, -0.2) is 0 Å². The number of carbonyl (C=O) groups excluding carboxylic acids is 2. The van der Waals surface area contributed by atoms with Gasteiger partial charge in [0.1, 0.15) is 0 Å². The Morgan fingerprint density at radius 1 is 1.43 bits per heavy atom. The van der Waals surface area contributed by atoms with Crippen LogP contribution < -0.4 is 5.73 Å². The Morgan fingerprint density at radius 2 is 1.93 bits per heavy atom. The lowest BCUT2D eigenvalue weighted by Crippen LogP contribution is -2.37. The molecule has 1 atom stereocenters. The van der Waals surface area contributed by atoms with Gasteiger partial charge in [0.25, 0.3) is 0 Å². The highest BCUT2D eigenvalue weighted by atomic mass is 16.5. The Kier molecular flexibility index (Phi) is 4.60. The third-order valence-electron chi connectivity index (χ3n) is 2.49.